The minimum atomic E-state index is 0.0261. The number of fused-ring (bicyclic) bond motifs is 1. The fourth-order valence-corrected chi connectivity index (χ4v) is 4.24. The van der Waals surface area contributed by atoms with Crippen molar-refractivity contribution in [2.45, 2.75) is 18.9 Å². The third kappa shape index (κ3) is 4.10. The zero-order valence-corrected chi connectivity index (χ0v) is 16.3. The highest BCUT2D eigenvalue weighted by Crippen LogP contribution is 2.25. The van der Waals surface area contributed by atoms with E-state index in [2.05, 4.69) is 26.3 Å². The number of carbonyl (C=O) groups excluding carboxylic acids is 1. The maximum absolute atomic E-state index is 12.5. The predicted molar refractivity (Wildman–Crippen MR) is 112 cm³/mol. The van der Waals surface area contributed by atoms with E-state index >= 15 is 0 Å². The van der Waals surface area contributed by atoms with Crippen molar-refractivity contribution in [3.05, 3.63) is 81.9 Å². The van der Waals surface area contributed by atoms with E-state index in [0.29, 0.717) is 13.0 Å². The Kier molecular flexibility index (Phi) is 5.32. The predicted octanol–water partition coefficient (Wildman–Crippen LogP) is 5.02. The van der Waals surface area contributed by atoms with Crippen LogP contribution in [-0.4, -0.2) is 22.0 Å². The molecule has 4 rings (SSSR count). The number of hydrogen-bond acceptors (Lipinski definition) is 2. The number of rotatable bonds is 7. The van der Waals surface area contributed by atoms with Gasteiger partial charge in [-0.2, -0.15) is 11.3 Å². The molecule has 4 aromatic rings. The van der Waals surface area contributed by atoms with Crippen molar-refractivity contribution >= 4 is 39.7 Å². The van der Waals surface area contributed by atoms with Crippen LogP contribution < -0.4 is 5.32 Å². The van der Waals surface area contributed by atoms with E-state index in [-0.39, 0.29) is 11.9 Å². The molecule has 138 valence electrons. The summed E-state index contributed by atoms with van der Waals surface area (Å²) >= 11 is 7.75. The van der Waals surface area contributed by atoms with Crippen LogP contribution in [0.3, 0.4) is 0 Å². The molecular weight excluding hydrogens is 378 g/mol. The number of aromatic amines is 1. The maximum atomic E-state index is 12.5. The molecule has 0 aliphatic heterocycles. The molecule has 1 aromatic carbocycles. The molecule has 0 aliphatic carbocycles. The van der Waals surface area contributed by atoms with Gasteiger partial charge in [-0.3, -0.25) is 4.79 Å². The summed E-state index contributed by atoms with van der Waals surface area (Å²) in [6.45, 7) is 0.598. The average Bonchev–Trinajstić information content (AvgIpc) is 3.42. The molecule has 3 heterocycles. The number of hydrogen-bond donors (Lipinski definition) is 2. The Hall–Kier alpha value is -2.50. The summed E-state index contributed by atoms with van der Waals surface area (Å²) in [6, 6.07) is 11.9. The lowest BCUT2D eigenvalue weighted by Crippen LogP contribution is -2.28. The minimum Gasteiger partial charge on any atom is -0.361 e. The van der Waals surface area contributed by atoms with E-state index in [1.165, 1.54) is 0 Å². The molecule has 0 spiro atoms. The number of carbonyl (C=O) groups is 1. The molecule has 3 aromatic heterocycles. The number of halogens is 1. The average molecular weight is 398 g/mol. The Morgan fingerprint density at radius 1 is 1.26 bits per heavy atom. The molecule has 0 radical (unpaired) electrons. The molecule has 1 atom stereocenters. The number of benzene rings is 1. The fourth-order valence-electron chi connectivity index (χ4n) is 3.36. The Balaban J connectivity index is 1.38. The van der Waals surface area contributed by atoms with E-state index in [9.17, 15) is 4.79 Å². The SMILES string of the molecule is O=C(C[C@H](c1ccsc1)n1cccc1)NCCc1c[nH]c2ccc(Cl)cc12. The van der Waals surface area contributed by atoms with E-state index in [4.69, 9.17) is 11.6 Å². The zero-order valence-electron chi connectivity index (χ0n) is 14.7. The first-order chi connectivity index (χ1) is 13.2. The molecule has 0 aliphatic rings. The minimum absolute atomic E-state index is 0.0261. The van der Waals surface area contributed by atoms with Crippen LogP contribution in [0, 0.1) is 0 Å². The molecule has 0 saturated carbocycles. The van der Waals surface area contributed by atoms with Crippen LogP contribution in [-0.2, 0) is 11.2 Å². The van der Waals surface area contributed by atoms with Gasteiger partial charge in [0.2, 0.25) is 5.91 Å². The highest BCUT2D eigenvalue weighted by molar-refractivity contribution is 7.08. The number of nitrogens with zero attached hydrogens (tertiary/aromatic N) is 1. The van der Waals surface area contributed by atoms with E-state index < -0.39 is 0 Å². The van der Waals surface area contributed by atoms with Crippen molar-refractivity contribution in [2.24, 2.45) is 0 Å². The molecule has 27 heavy (non-hydrogen) atoms. The summed E-state index contributed by atoms with van der Waals surface area (Å²) in [5, 5.41) is 9.04. The van der Waals surface area contributed by atoms with Gasteiger partial charge in [-0.25, -0.2) is 0 Å². The fraction of sp³-hybridized carbons (Fsp3) is 0.190. The van der Waals surface area contributed by atoms with Crippen LogP contribution in [0.5, 0.6) is 0 Å². The van der Waals surface area contributed by atoms with Crippen LogP contribution in [0.25, 0.3) is 10.9 Å². The lowest BCUT2D eigenvalue weighted by Gasteiger charge is -2.18. The van der Waals surface area contributed by atoms with Crippen LogP contribution in [0.2, 0.25) is 5.02 Å². The van der Waals surface area contributed by atoms with Gasteiger partial charge in [0, 0.05) is 41.1 Å². The first-order valence-electron chi connectivity index (χ1n) is 8.87. The Labute approximate surface area is 166 Å². The topological polar surface area (TPSA) is 49.8 Å². The van der Waals surface area contributed by atoms with Gasteiger partial charge in [-0.15, -0.1) is 0 Å². The van der Waals surface area contributed by atoms with Crippen LogP contribution in [0.4, 0.5) is 0 Å². The van der Waals surface area contributed by atoms with Crippen LogP contribution in [0.15, 0.2) is 65.7 Å². The van der Waals surface area contributed by atoms with Crippen molar-refractivity contribution in [2.75, 3.05) is 6.54 Å². The summed E-state index contributed by atoms with van der Waals surface area (Å²) < 4.78 is 2.09. The first-order valence-corrected chi connectivity index (χ1v) is 10.2. The molecule has 0 fully saturated rings. The number of thiophene rings is 1. The second-order valence-electron chi connectivity index (χ2n) is 6.51. The lowest BCUT2D eigenvalue weighted by molar-refractivity contribution is -0.121. The van der Waals surface area contributed by atoms with Gasteiger partial charge in [0.1, 0.15) is 0 Å². The highest BCUT2D eigenvalue weighted by atomic mass is 35.5. The van der Waals surface area contributed by atoms with Gasteiger partial charge in [-0.05, 0) is 64.7 Å². The molecule has 6 heteroatoms. The third-order valence-electron chi connectivity index (χ3n) is 4.74. The molecule has 4 nitrogen and oxygen atoms in total. The number of amides is 1. The molecular formula is C21H20ClN3OS. The maximum Gasteiger partial charge on any atom is 0.222 e. The second kappa shape index (κ2) is 8.03. The normalized spacial score (nSPS) is 12.3. The first kappa shape index (κ1) is 17.9. The van der Waals surface area contributed by atoms with E-state index in [1.807, 2.05) is 54.3 Å². The van der Waals surface area contributed by atoms with E-state index in [1.54, 1.807) is 11.3 Å². The van der Waals surface area contributed by atoms with Gasteiger partial charge in [-0.1, -0.05) is 11.6 Å². The molecule has 0 unspecified atom stereocenters. The largest absolute Gasteiger partial charge is 0.361 e. The van der Waals surface area contributed by atoms with Gasteiger partial charge >= 0.3 is 0 Å². The third-order valence-corrected chi connectivity index (χ3v) is 5.68. The summed E-state index contributed by atoms with van der Waals surface area (Å²) in [5.74, 6) is 0.0535. The molecule has 0 saturated heterocycles. The quantitative estimate of drug-likeness (QED) is 0.451. The van der Waals surface area contributed by atoms with Crippen molar-refractivity contribution in [1.82, 2.24) is 14.9 Å². The number of nitrogens with one attached hydrogen (secondary N) is 2. The van der Waals surface area contributed by atoms with Crippen molar-refractivity contribution in [3.8, 4) is 0 Å². The van der Waals surface area contributed by atoms with Crippen LogP contribution in [0.1, 0.15) is 23.6 Å². The Morgan fingerprint density at radius 3 is 2.89 bits per heavy atom. The zero-order chi connectivity index (χ0) is 18.6. The number of aromatic nitrogens is 2. The van der Waals surface area contributed by atoms with Crippen molar-refractivity contribution < 1.29 is 4.79 Å². The van der Waals surface area contributed by atoms with Crippen molar-refractivity contribution in [1.29, 1.82) is 0 Å². The Bertz CT molecular complexity index is 987. The van der Waals surface area contributed by atoms with E-state index in [0.717, 1.165) is 33.5 Å². The summed E-state index contributed by atoms with van der Waals surface area (Å²) in [6.07, 6.45) is 7.18. The lowest BCUT2D eigenvalue weighted by atomic mass is 10.1. The molecule has 0 bridgehead atoms. The van der Waals surface area contributed by atoms with Crippen LogP contribution >= 0.6 is 22.9 Å². The highest BCUT2D eigenvalue weighted by Gasteiger charge is 2.17. The number of H-pyrrole nitrogens is 1. The summed E-state index contributed by atoms with van der Waals surface area (Å²) in [5.41, 5.74) is 3.39. The van der Waals surface area contributed by atoms with Crippen molar-refractivity contribution in [3.63, 3.8) is 0 Å². The molecule has 1 amide bonds. The second-order valence-corrected chi connectivity index (χ2v) is 7.73. The smallest absolute Gasteiger partial charge is 0.222 e. The summed E-state index contributed by atoms with van der Waals surface area (Å²) in [4.78, 5) is 15.8. The van der Waals surface area contributed by atoms with Gasteiger partial charge < -0.3 is 14.9 Å². The Morgan fingerprint density at radius 2 is 2.11 bits per heavy atom. The van der Waals surface area contributed by atoms with Gasteiger partial charge in [0.25, 0.3) is 0 Å². The van der Waals surface area contributed by atoms with Gasteiger partial charge in [0.05, 0.1) is 12.5 Å². The standard InChI is InChI=1S/C21H20ClN3OS/c22-17-3-4-19-18(11-17)15(13-24-19)5-7-23-21(26)12-20(16-6-10-27-14-16)25-8-1-2-9-25/h1-4,6,8-11,13-14,20,24H,5,7,12H2,(H,23,26)/t20-/m1/s1. The molecule has 2 N–H and O–H groups in total. The summed E-state index contributed by atoms with van der Waals surface area (Å²) in [7, 11) is 0. The monoisotopic (exact) mass is 397 g/mol. The van der Waals surface area contributed by atoms with Gasteiger partial charge in [0.15, 0.2) is 0 Å².